The molecular formula is C21H16BrClF3N7. The lowest BCUT2D eigenvalue weighted by Gasteiger charge is -2.12. The van der Waals surface area contributed by atoms with Crippen molar-refractivity contribution < 1.29 is 13.2 Å². The number of halogens is 5. The predicted octanol–water partition coefficient (Wildman–Crippen LogP) is 5.89. The zero-order valence-corrected chi connectivity index (χ0v) is 19.1. The Hall–Kier alpha value is -3.18. The highest BCUT2D eigenvalue weighted by Crippen LogP contribution is 2.35. The molecule has 0 aliphatic heterocycles. The molecule has 0 atom stereocenters. The van der Waals surface area contributed by atoms with Crippen molar-refractivity contribution in [2.24, 2.45) is 0 Å². The number of aromatic amines is 1. The molecule has 3 N–H and O–H groups in total. The second-order valence-electron chi connectivity index (χ2n) is 6.80. The van der Waals surface area contributed by atoms with Crippen LogP contribution in [0.4, 0.5) is 24.9 Å². The number of aromatic nitrogens is 5. The van der Waals surface area contributed by atoms with E-state index >= 15 is 0 Å². The maximum atomic E-state index is 12.6. The van der Waals surface area contributed by atoms with Gasteiger partial charge in [-0.25, -0.2) is 19.9 Å². The van der Waals surface area contributed by atoms with Crippen LogP contribution in [0.15, 0.2) is 59.6 Å². The maximum Gasteiger partial charge on any atom is 0.417 e. The molecule has 3 aromatic heterocycles. The Labute approximate surface area is 200 Å². The third-order valence-electron chi connectivity index (χ3n) is 4.53. The molecule has 7 nitrogen and oxygen atoms in total. The SMILES string of the molecule is FC(F)(F)c1ccc(NCCNc2ncc(-c3ncc[nH]3)c(-c3ccc(Br)cc3Cl)n2)nc1. The Bertz CT molecular complexity index is 1230. The van der Waals surface area contributed by atoms with E-state index in [-0.39, 0.29) is 0 Å². The first-order valence-electron chi connectivity index (χ1n) is 9.64. The smallest absolute Gasteiger partial charge is 0.368 e. The topological polar surface area (TPSA) is 91.4 Å². The minimum absolute atomic E-state index is 0.334. The van der Waals surface area contributed by atoms with Gasteiger partial charge in [0.15, 0.2) is 0 Å². The van der Waals surface area contributed by atoms with E-state index in [2.05, 4.69) is 51.5 Å². The fourth-order valence-corrected chi connectivity index (χ4v) is 3.73. The molecule has 1 aromatic carbocycles. The summed E-state index contributed by atoms with van der Waals surface area (Å²) in [7, 11) is 0. The van der Waals surface area contributed by atoms with Crippen LogP contribution in [0, 0.1) is 0 Å². The third kappa shape index (κ3) is 5.60. The summed E-state index contributed by atoms with van der Waals surface area (Å²) in [4.78, 5) is 20.1. The molecular weight excluding hydrogens is 523 g/mol. The van der Waals surface area contributed by atoms with Gasteiger partial charge in [0.25, 0.3) is 0 Å². The highest BCUT2D eigenvalue weighted by molar-refractivity contribution is 9.10. The van der Waals surface area contributed by atoms with Gasteiger partial charge >= 0.3 is 6.18 Å². The highest BCUT2D eigenvalue weighted by atomic mass is 79.9. The van der Waals surface area contributed by atoms with E-state index in [9.17, 15) is 13.2 Å². The third-order valence-corrected chi connectivity index (χ3v) is 5.34. The van der Waals surface area contributed by atoms with E-state index in [1.54, 1.807) is 24.7 Å². The van der Waals surface area contributed by atoms with E-state index in [0.717, 1.165) is 16.7 Å². The minimum Gasteiger partial charge on any atom is -0.368 e. The fraction of sp³-hybridized carbons (Fsp3) is 0.143. The first-order valence-corrected chi connectivity index (χ1v) is 10.8. The summed E-state index contributed by atoms with van der Waals surface area (Å²) < 4.78 is 38.7. The average Bonchev–Trinajstić information content (AvgIpc) is 3.31. The number of H-pyrrole nitrogens is 1. The number of alkyl halides is 3. The molecule has 0 amide bonds. The monoisotopic (exact) mass is 537 g/mol. The molecule has 0 bridgehead atoms. The number of hydrogen-bond donors (Lipinski definition) is 3. The summed E-state index contributed by atoms with van der Waals surface area (Å²) in [6.45, 7) is 0.784. The van der Waals surface area contributed by atoms with Crippen LogP contribution in [0.1, 0.15) is 5.56 Å². The molecule has 3 heterocycles. The maximum absolute atomic E-state index is 12.6. The molecule has 0 fully saturated rings. The minimum atomic E-state index is -4.42. The Morgan fingerprint density at radius 3 is 2.45 bits per heavy atom. The molecule has 12 heteroatoms. The van der Waals surface area contributed by atoms with Crippen LogP contribution in [0.2, 0.25) is 5.02 Å². The Kier molecular flexibility index (Phi) is 6.80. The first kappa shape index (κ1) is 23.0. The Balaban J connectivity index is 1.47. The van der Waals surface area contributed by atoms with Crippen LogP contribution >= 0.6 is 27.5 Å². The van der Waals surface area contributed by atoms with Crippen molar-refractivity contribution >= 4 is 39.3 Å². The normalized spacial score (nSPS) is 11.4. The molecule has 170 valence electrons. The van der Waals surface area contributed by atoms with Gasteiger partial charge in [0, 0.05) is 47.9 Å². The summed E-state index contributed by atoms with van der Waals surface area (Å²) in [5.74, 6) is 1.30. The summed E-state index contributed by atoms with van der Waals surface area (Å²) in [6.07, 6.45) is 1.36. The number of rotatable bonds is 7. The second-order valence-corrected chi connectivity index (χ2v) is 8.12. The molecule has 4 rings (SSSR count). The molecule has 0 saturated heterocycles. The van der Waals surface area contributed by atoms with Crippen molar-refractivity contribution in [3.63, 3.8) is 0 Å². The van der Waals surface area contributed by atoms with Gasteiger partial charge in [0.1, 0.15) is 11.6 Å². The Morgan fingerprint density at radius 1 is 0.970 bits per heavy atom. The van der Waals surface area contributed by atoms with E-state index < -0.39 is 11.7 Å². The quantitative estimate of drug-likeness (QED) is 0.254. The van der Waals surface area contributed by atoms with Crippen LogP contribution in [-0.2, 0) is 6.18 Å². The highest BCUT2D eigenvalue weighted by Gasteiger charge is 2.30. The molecule has 4 aromatic rings. The van der Waals surface area contributed by atoms with E-state index in [1.165, 1.54) is 6.07 Å². The van der Waals surface area contributed by atoms with E-state index in [4.69, 9.17) is 11.6 Å². The van der Waals surface area contributed by atoms with Crippen LogP contribution in [0.3, 0.4) is 0 Å². The summed E-state index contributed by atoms with van der Waals surface area (Å²) in [6, 6.07) is 7.75. The molecule has 0 aliphatic carbocycles. The van der Waals surface area contributed by atoms with Crippen LogP contribution in [-0.4, -0.2) is 38.0 Å². The Morgan fingerprint density at radius 2 is 1.79 bits per heavy atom. The first-order chi connectivity index (χ1) is 15.8. The lowest BCUT2D eigenvalue weighted by Crippen LogP contribution is -2.16. The number of nitrogens with one attached hydrogen (secondary N) is 3. The van der Waals surface area contributed by atoms with Gasteiger partial charge in [0.05, 0.1) is 21.8 Å². The number of nitrogens with zero attached hydrogens (tertiary/aromatic N) is 4. The number of hydrogen-bond acceptors (Lipinski definition) is 6. The average molecular weight is 539 g/mol. The summed E-state index contributed by atoms with van der Waals surface area (Å²) in [5, 5.41) is 6.55. The van der Waals surface area contributed by atoms with Gasteiger partial charge in [-0.2, -0.15) is 13.2 Å². The number of benzene rings is 1. The molecule has 0 spiro atoms. The largest absolute Gasteiger partial charge is 0.417 e. The fourth-order valence-electron chi connectivity index (χ4n) is 2.97. The van der Waals surface area contributed by atoms with Gasteiger partial charge < -0.3 is 15.6 Å². The zero-order chi connectivity index (χ0) is 23.4. The van der Waals surface area contributed by atoms with Crippen molar-refractivity contribution in [3.8, 4) is 22.6 Å². The number of pyridine rings is 1. The van der Waals surface area contributed by atoms with E-state index in [0.29, 0.717) is 52.5 Å². The molecule has 0 aliphatic rings. The van der Waals surface area contributed by atoms with Gasteiger partial charge in [-0.15, -0.1) is 0 Å². The van der Waals surface area contributed by atoms with Gasteiger partial charge in [-0.05, 0) is 24.3 Å². The second kappa shape index (κ2) is 9.75. The van der Waals surface area contributed by atoms with Crippen molar-refractivity contribution in [1.82, 2.24) is 24.9 Å². The zero-order valence-electron chi connectivity index (χ0n) is 16.8. The van der Waals surface area contributed by atoms with Crippen LogP contribution in [0.5, 0.6) is 0 Å². The van der Waals surface area contributed by atoms with Gasteiger partial charge in [-0.1, -0.05) is 33.6 Å². The van der Waals surface area contributed by atoms with Crippen molar-refractivity contribution in [2.45, 2.75) is 6.18 Å². The molecule has 0 radical (unpaired) electrons. The number of imidazole rings is 1. The standard InChI is InChI=1S/C21H16BrClF3N7/c22-13-2-3-14(16(23)9-13)18-15(19-28-6-7-29-19)11-32-20(33-18)30-8-5-27-17-4-1-12(10-31-17)21(24,25)26/h1-4,6-7,9-11H,5,8H2,(H,27,31)(H,28,29)(H,30,32,33). The van der Waals surface area contributed by atoms with Crippen LogP contribution in [0.25, 0.3) is 22.6 Å². The summed E-state index contributed by atoms with van der Waals surface area (Å²) >= 11 is 9.85. The summed E-state index contributed by atoms with van der Waals surface area (Å²) in [5.41, 5.74) is 1.19. The lowest BCUT2D eigenvalue weighted by molar-refractivity contribution is -0.137. The van der Waals surface area contributed by atoms with Gasteiger partial charge in [-0.3, -0.25) is 0 Å². The molecule has 33 heavy (non-hydrogen) atoms. The van der Waals surface area contributed by atoms with Crippen molar-refractivity contribution in [1.29, 1.82) is 0 Å². The molecule has 0 saturated carbocycles. The predicted molar refractivity (Wildman–Crippen MR) is 124 cm³/mol. The van der Waals surface area contributed by atoms with E-state index in [1.807, 2.05) is 12.1 Å². The van der Waals surface area contributed by atoms with Crippen LogP contribution < -0.4 is 10.6 Å². The van der Waals surface area contributed by atoms with Gasteiger partial charge in [0.2, 0.25) is 5.95 Å². The van der Waals surface area contributed by atoms with Crippen molar-refractivity contribution in [3.05, 3.63) is 70.2 Å². The lowest BCUT2D eigenvalue weighted by atomic mass is 10.1. The van der Waals surface area contributed by atoms with Crippen molar-refractivity contribution in [2.75, 3.05) is 23.7 Å². The number of anilines is 2. The molecule has 0 unspecified atom stereocenters.